The summed E-state index contributed by atoms with van der Waals surface area (Å²) in [7, 11) is 0. The molecule has 0 radical (unpaired) electrons. The van der Waals surface area contributed by atoms with Gasteiger partial charge >= 0.3 is 0 Å². The maximum atomic E-state index is 12.2. The Bertz CT molecular complexity index is 621. The molecule has 5 heteroatoms. The SMILES string of the molecule is O=C(NCc1ccccn1)c1ccc(CN2CCNCC2)cc1. The summed E-state index contributed by atoms with van der Waals surface area (Å²) in [5.41, 5.74) is 2.79. The maximum Gasteiger partial charge on any atom is 0.251 e. The van der Waals surface area contributed by atoms with Crippen molar-refractivity contribution >= 4 is 5.91 Å². The molecule has 1 aliphatic rings. The van der Waals surface area contributed by atoms with Crippen LogP contribution in [0.5, 0.6) is 0 Å². The Kier molecular flexibility index (Phi) is 5.34. The third-order valence-electron chi connectivity index (χ3n) is 3.99. The van der Waals surface area contributed by atoms with E-state index >= 15 is 0 Å². The summed E-state index contributed by atoms with van der Waals surface area (Å²) in [5.74, 6) is -0.0654. The fourth-order valence-electron chi connectivity index (χ4n) is 2.66. The highest BCUT2D eigenvalue weighted by Crippen LogP contribution is 2.08. The van der Waals surface area contributed by atoms with Crippen LogP contribution in [0.25, 0.3) is 0 Å². The molecular formula is C18H22N4O. The largest absolute Gasteiger partial charge is 0.346 e. The van der Waals surface area contributed by atoms with Gasteiger partial charge in [-0.05, 0) is 29.8 Å². The molecule has 1 aromatic heterocycles. The predicted molar refractivity (Wildman–Crippen MR) is 90.0 cm³/mol. The molecule has 2 heterocycles. The monoisotopic (exact) mass is 310 g/mol. The topological polar surface area (TPSA) is 57.3 Å². The zero-order valence-electron chi connectivity index (χ0n) is 13.2. The normalized spacial score (nSPS) is 15.3. The van der Waals surface area contributed by atoms with Gasteiger partial charge in [-0.15, -0.1) is 0 Å². The standard InChI is InChI=1S/C18H22N4O/c23-18(21-13-17-3-1-2-8-20-17)16-6-4-15(5-7-16)14-22-11-9-19-10-12-22/h1-8,19H,9-14H2,(H,21,23). The highest BCUT2D eigenvalue weighted by molar-refractivity contribution is 5.94. The van der Waals surface area contributed by atoms with Crippen molar-refractivity contribution in [2.24, 2.45) is 0 Å². The van der Waals surface area contributed by atoms with Gasteiger partial charge in [-0.25, -0.2) is 0 Å². The number of rotatable bonds is 5. The molecule has 0 spiro atoms. The Morgan fingerprint density at radius 3 is 2.61 bits per heavy atom. The van der Waals surface area contributed by atoms with Gasteiger partial charge in [-0.1, -0.05) is 18.2 Å². The number of nitrogens with one attached hydrogen (secondary N) is 2. The smallest absolute Gasteiger partial charge is 0.251 e. The van der Waals surface area contributed by atoms with E-state index in [1.165, 1.54) is 5.56 Å². The van der Waals surface area contributed by atoms with Crippen LogP contribution in [-0.2, 0) is 13.1 Å². The molecule has 0 atom stereocenters. The van der Waals surface area contributed by atoms with Gasteiger partial charge in [0.15, 0.2) is 0 Å². The van der Waals surface area contributed by atoms with Crippen LogP contribution in [0, 0.1) is 0 Å². The second-order valence-electron chi connectivity index (χ2n) is 5.73. The molecule has 1 amide bonds. The minimum atomic E-state index is -0.0654. The van der Waals surface area contributed by atoms with Gasteiger partial charge < -0.3 is 10.6 Å². The van der Waals surface area contributed by atoms with Crippen LogP contribution < -0.4 is 10.6 Å². The average Bonchev–Trinajstić information content (AvgIpc) is 2.62. The number of nitrogens with zero attached hydrogens (tertiary/aromatic N) is 2. The first kappa shape index (κ1) is 15.6. The number of hydrogen-bond acceptors (Lipinski definition) is 4. The third kappa shape index (κ3) is 4.61. The van der Waals surface area contributed by atoms with E-state index in [2.05, 4.69) is 20.5 Å². The summed E-state index contributed by atoms with van der Waals surface area (Å²) in [6, 6.07) is 13.5. The lowest BCUT2D eigenvalue weighted by atomic mass is 10.1. The van der Waals surface area contributed by atoms with E-state index in [4.69, 9.17) is 0 Å². The van der Waals surface area contributed by atoms with E-state index in [-0.39, 0.29) is 5.91 Å². The Morgan fingerprint density at radius 2 is 1.91 bits per heavy atom. The van der Waals surface area contributed by atoms with Crippen molar-refractivity contribution < 1.29 is 4.79 Å². The summed E-state index contributed by atoms with van der Waals surface area (Å²) < 4.78 is 0. The van der Waals surface area contributed by atoms with Gasteiger partial charge in [0.2, 0.25) is 0 Å². The molecule has 0 unspecified atom stereocenters. The average molecular weight is 310 g/mol. The fourth-order valence-corrected chi connectivity index (χ4v) is 2.66. The molecule has 0 aliphatic carbocycles. The number of amides is 1. The van der Waals surface area contributed by atoms with Crippen LogP contribution in [0.2, 0.25) is 0 Å². The quantitative estimate of drug-likeness (QED) is 0.877. The number of aromatic nitrogens is 1. The molecule has 23 heavy (non-hydrogen) atoms. The van der Waals surface area contributed by atoms with Crippen LogP contribution in [0.3, 0.4) is 0 Å². The molecule has 2 aromatic rings. The lowest BCUT2D eigenvalue weighted by molar-refractivity contribution is 0.0950. The number of carbonyl (C=O) groups is 1. The summed E-state index contributed by atoms with van der Waals surface area (Å²) in [6.45, 7) is 5.64. The minimum absolute atomic E-state index is 0.0654. The van der Waals surface area contributed by atoms with E-state index < -0.39 is 0 Å². The van der Waals surface area contributed by atoms with E-state index in [9.17, 15) is 4.79 Å². The van der Waals surface area contributed by atoms with Crippen molar-refractivity contribution in [1.82, 2.24) is 20.5 Å². The van der Waals surface area contributed by atoms with Gasteiger partial charge in [0.05, 0.1) is 12.2 Å². The van der Waals surface area contributed by atoms with Crippen LogP contribution in [0.4, 0.5) is 0 Å². The Morgan fingerprint density at radius 1 is 1.13 bits per heavy atom. The minimum Gasteiger partial charge on any atom is -0.346 e. The first-order valence-corrected chi connectivity index (χ1v) is 8.01. The van der Waals surface area contributed by atoms with E-state index in [0.29, 0.717) is 12.1 Å². The first-order valence-electron chi connectivity index (χ1n) is 8.01. The molecule has 1 fully saturated rings. The highest BCUT2D eigenvalue weighted by Gasteiger charge is 2.10. The molecule has 1 aliphatic heterocycles. The first-order chi connectivity index (χ1) is 11.3. The maximum absolute atomic E-state index is 12.2. The Labute approximate surface area is 136 Å². The van der Waals surface area contributed by atoms with Gasteiger partial charge in [0.25, 0.3) is 5.91 Å². The number of pyridine rings is 1. The molecule has 1 saturated heterocycles. The highest BCUT2D eigenvalue weighted by atomic mass is 16.1. The molecule has 0 saturated carbocycles. The predicted octanol–water partition coefficient (Wildman–Crippen LogP) is 1.42. The van der Waals surface area contributed by atoms with Gasteiger partial charge in [-0.2, -0.15) is 0 Å². The molecule has 1 aromatic carbocycles. The second-order valence-corrected chi connectivity index (χ2v) is 5.73. The van der Waals surface area contributed by atoms with Crippen molar-refractivity contribution in [1.29, 1.82) is 0 Å². The number of piperazine rings is 1. The van der Waals surface area contributed by atoms with Gasteiger partial charge in [-0.3, -0.25) is 14.7 Å². The number of hydrogen-bond donors (Lipinski definition) is 2. The Hall–Kier alpha value is -2.24. The van der Waals surface area contributed by atoms with Crippen molar-refractivity contribution in [2.45, 2.75) is 13.1 Å². The van der Waals surface area contributed by atoms with Crippen molar-refractivity contribution in [3.05, 3.63) is 65.5 Å². The lowest BCUT2D eigenvalue weighted by Gasteiger charge is -2.27. The summed E-state index contributed by atoms with van der Waals surface area (Å²) in [4.78, 5) is 18.8. The third-order valence-corrected chi connectivity index (χ3v) is 3.99. The van der Waals surface area contributed by atoms with Gasteiger partial charge in [0.1, 0.15) is 0 Å². The molecule has 120 valence electrons. The number of benzene rings is 1. The van der Waals surface area contributed by atoms with Crippen molar-refractivity contribution in [3.8, 4) is 0 Å². The van der Waals surface area contributed by atoms with E-state index in [1.54, 1.807) is 6.20 Å². The molecule has 0 bridgehead atoms. The summed E-state index contributed by atoms with van der Waals surface area (Å²) in [6.07, 6.45) is 1.73. The van der Waals surface area contributed by atoms with Gasteiger partial charge in [0, 0.05) is 44.5 Å². The van der Waals surface area contributed by atoms with E-state index in [1.807, 2.05) is 42.5 Å². The molecule has 3 rings (SSSR count). The molecule has 5 nitrogen and oxygen atoms in total. The van der Waals surface area contributed by atoms with Crippen LogP contribution in [-0.4, -0.2) is 42.0 Å². The zero-order valence-corrected chi connectivity index (χ0v) is 13.2. The Balaban J connectivity index is 1.52. The van der Waals surface area contributed by atoms with Crippen molar-refractivity contribution in [3.63, 3.8) is 0 Å². The zero-order chi connectivity index (χ0) is 15.9. The van der Waals surface area contributed by atoms with Crippen LogP contribution in [0.1, 0.15) is 21.6 Å². The van der Waals surface area contributed by atoms with E-state index in [0.717, 1.165) is 38.4 Å². The summed E-state index contributed by atoms with van der Waals surface area (Å²) >= 11 is 0. The lowest BCUT2D eigenvalue weighted by Crippen LogP contribution is -2.42. The number of carbonyl (C=O) groups excluding carboxylic acids is 1. The van der Waals surface area contributed by atoms with Crippen LogP contribution in [0.15, 0.2) is 48.7 Å². The fraction of sp³-hybridized carbons (Fsp3) is 0.333. The van der Waals surface area contributed by atoms with Crippen molar-refractivity contribution in [2.75, 3.05) is 26.2 Å². The molecular weight excluding hydrogens is 288 g/mol. The van der Waals surface area contributed by atoms with Crippen LogP contribution >= 0.6 is 0 Å². The second kappa shape index (κ2) is 7.85. The summed E-state index contributed by atoms with van der Waals surface area (Å²) in [5, 5.41) is 6.25. The molecule has 2 N–H and O–H groups in total.